The molecule has 0 atom stereocenters. The summed E-state index contributed by atoms with van der Waals surface area (Å²) in [6.07, 6.45) is 0. The summed E-state index contributed by atoms with van der Waals surface area (Å²) in [6, 6.07) is 10.6. The van der Waals surface area contributed by atoms with Gasteiger partial charge in [-0.05, 0) is 30.3 Å². The van der Waals surface area contributed by atoms with Gasteiger partial charge < -0.3 is 15.4 Å². The van der Waals surface area contributed by atoms with E-state index in [-0.39, 0.29) is 11.5 Å². The van der Waals surface area contributed by atoms with Gasteiger partial charge >= 0.3 is 0 Å². The molecular weight excluding hydrogens is 287 g/mol. The van der Waals surface area contributed by atoms with Crippen LogP contribution in [-0.4, -0.2) is 18.9 Å². The minimum atomic E-state index is -0.671. The second kappa shape index (κ2) is 6.71. The lowest BCUT2D eigenvalue weighted by Gasteiger charge is -2.09. The van der Waals surface area contributed by atoms with Crippen molar-refractivity contribution in [3.63, 3.8) is 0 Å². The third-order valence-electron chi connectivity index (χ3n) is 2.86. The quantitative estimate of drug-likeness (QED) is 0.912. The standard InChI is InChI=1S/C16H15FN2O3/c1-10(20)18-11-4-3-5-12(8-11)19-16(21)14-7-6-13(22-2)9-15(14)17/h3-9H,1-2H3,(H,18,20)(H,19,21). The van der Waals surface area contributed by atoms with Crippen molar-refractivity contribution in [1.82, 2.24) is 0 Å². The Bertz CT molecular complexity index is 716. The minimum Gasteiger partial charge on any atom is -0.497 e. The van der Waals surface area contributed by atoms with E-state index in [0.717, 1.165) is 6.07 Å². The van der Waals surface area contributed by atoms with Crippen molar-refractivity contribution >= 4 is 23.2 Å². The van der Waals surface area contributed by atoms with Gasteiger partial charge in [-0.2, -0.15) is 0 Å². The number of anilines is 2. The Balaban J connectivity index is 2.16. The molecule has 0 fully saturated rings. The van der Waals surface area contributed by atoms with E-state index >= 15 is 0 Å². The molecule has 0 aliphatic heterocycles. The third-order valence-corrected chi connectivity index (χ3v) is 2.86. The summed E-state index contributed by atoms with van der Waals surface area (Å²) in [5, 5.41) is 5.18. The maximum Gasteiger partial charge on any atom is 0.258 e. The molecule has 2 aromatic rings. The van der Waals surface area contributed by atoms with Gasteiger partial charge in [0.15, 0.2) is 0 Å². The van der Waals surface area contributed by atoms with Crippen LogP contribution in [-0.2, 0) is 4.79 Å². The predicted molar refractivity (Wildman–Crippen MR) is 81.7 cm³/mol. The Hall–Kier alpha value is -2.89. The smallest absolute Gasteiger partial charge is 0.258 e. The zero-order chi connectivity index (χ0) is 16.1. The fourth-order valence-electron chi connectivity index (χ4n) is 1.88. The topological polar surface area (TPSA) is 67.4 Å². The van der Waals surface area contributed by atoms with Gasteiger partial charge in [-0.3, -0.25) is 9.59 Å². The van der Waals surface area contributed by atoms with E-state index in [1.807, 2.05) is 0 Å². The lowest BCUT2D eigenvalue weighted by atomic mass is 10.2. The molecule has 0 aliphatic rings. The molecule has 114 valence electrons. The van der Waals surface area contributed by atoms with E-state index in [2.05, 4.69) is 10.6 Å². The largest absolute Gasteiger partial charge is 0.497 e. The van der Waals surface area contributed by atoms with Gasteiger partial charge in [0, 0.05) is 24.4 Å². The first-order valence-corrected chi connectivity index (χ1v) is 6.52. The van der Waals surface area contributed by atoms with Crippen LogP contribution in [0.3, 0.4) is 0 Å². The fraction of sp³-hybridized carbons (Fsp3) is 0.125. The third kappa shape index (κ3) is 3.82. The Morgan fingerprint density at radius 2 is 1.73 bits per heavy atom. The number of halogens is 1. The summed E-state index contributed by atoms with van der Waals surface area (Å²) < 4.78 is 18.7. The Labute approximate surface area is 127 Å². The maximum atomic E-state index is 13.8. The van der Waals surface area contributed by atoms with Gasteiger partial charge in [0.2, 0.25) is 5.91 Å². The molecule has 0 spiro atoms. The summed E-state index contributed by atoms with van der Waals surface area (Å²) in [4.78, 5) is 23.1. The van der Waals surface area contributed by atoms with Crippen LogP contribution in [0.1, 0.15) is 17.3 Å². The van der Waals surface area contributed by atoms with Crippen LogP contribution in [0.4, 0.5) is 15.8 Å². The molecule has 0 aliphatic carbocycles. The first-order chi connectivity index (χ1) is 10.5. The van der Waals surface area contributed by atoms with Gasteiger partial charge in [-0.1, -0.05) is 6.07 Å². The number of amides is 2. The zero-order valence-electron chi connectivity index (χ0n) is 12.1. The Kier molecular flexibility index (Phi) is 4.73. The van der Waals surface area contributed by atoms with E-state index in [1.54, 1.807) is 24.3 Å². The van der Waals surface area contributed by atoms with Crippen LogP contribution in [0.2, 0.25) is 0 Å². The van der Waals surface area contributed by atoms with Crippen molar-refractivity contribution in [3.8, 4) is 5.75 Å². The van der Waals surface area contributed by atoms with Crippen molar-refractivity contribution < 1.29 is 18.7 Å². The average molecular weight is 302 g/mol. The first kappa shape index (κ1) is 15.5. The number of ether oxygens (including phenoxy) is 1. The molecule has 0 saturated carbocycles. The molecule has 0 radical (unpaired) electrons. The van der Waals surface area contributed by atoms with E-state index in [4.69, 9.17) is 4.74 Å². The van der Waals surface area contributed by atoms with E-state index in [9.17, 15) is 14.0 Å². The van der Waals surface area contributed by atoms with Crippen LogP contribution in [0.5, 0.6) is 5.75 Å². The molecular formula is C16H15FN2O3. The summed E-state index contributed by atoms with van der Waals surface area (Å²) in [5.74, 6) is -1.14. The SMILES string of the molecule is COc1ccc(C(=O)Nc2cccc(NC(C)=O)c2)c(F)c1. The van der Waals surface area contributed by atoms with Gasteiger partial charge in [-0.25, -0.2) is 4.39 Å². The molecule has 2 rings (SSSR count). The van der Waals surface area contributed by atoms with E-state index < -0.39 is 11.7 Å². The van der Waals surface area contributed by atoms with Crippen molar-refractivity contribution in [3.05, 3.63) is 53.8 Å². The van der Waals surface area contributed by atoms with Crippen LogP contribution in [0.15, 0.2) is 42.5 Å². The highest BCUT2D eigenvalue weighted by molar-refractivity contribution is 6.05. The highest BCUT2D eigenvalue weighted by atomic mass is 19.1. The molecule has 0 bridgehead atoms. The summed E-state index contributed by atoms with van der Waals surface area (Å²) in [6.45, 7) is 1.39. The molecule has 2 N–H and O–H groups in total. The van der Waals surface area contributed by atoms with Gasteiger partial charge in [0.1, 0.15) is 11.6 Å². The number of nitrogens with one attached hydrogen (secondary N) is 2. The Morgan fingerprint density at radius 1 is 1.05 bits per heavy atom. The van der Waals surface area contributed by atoms with Crippen LogP contribution >= 0.6 is 0 Å². The lowest BCUT2D eigenvalue weighted by Crippen LogP contribution is -2.14. The van der Waals surface area contributed by atoms with E-state index in [1.165, 1.54) is 26.2 Å². The average Bonchev–Trinajstić information content (AvgIpc) is 2.46. The molecule has 22 heavy (non-hydrogen) atoms. The number of hydrogen-bond acceptors (Lipinski definition) is 3. The van der Waals surface area contributed by atoms with Crippen LogP contribution in [0, 0.1) is 5.82 Å². The highest BCUT2D eigenvalue weighted by Gasteiger charge is 2.13. The number of rotatable bonds is 4. The lowest BCUT2D eigenvalue weighted by molar-refractivity contribution is -0.114. The fourth-order valence-corrected chi connectivity index (χ4v) is 1.88. The highest BCUT2D eigenvalue weighted by Crippen LogP contribution is 2.19. The second-order valence-electron chi connectivity index (χ2n) is 4.56. The van der Waals surface area contributed by atoms with Gasteiger partial charge in [-0.15, -0.1) is 0 Å². The molecule has 0 aromatic heterocycles. The molecule has 6 heteroatoms. The van der Waals surface area contributed by atoms with Crippen LogP contribution in [0.25, 0.3) is 0 Å². The Morgan fingerprint density at radius 3 is 2.32 bits per heavy atom. The normalized spacial score (nSPS) is 9.95. The molecule has 2 amide bonds. The second-order valence-corrected chi connectivity index (χ2v) is 4.56. The number of methoxy groups -OCH3 is 1. The van der Waals surface area contributed by atoms with Crippen LogP contribution < -0.4 is 15.4 Å². The van der Waals surface area contributed by atoms with Crippen molar-refractivity contribution in [2.75, 3.05) is 17.7 Å². The number of carbonyl (C=O) groups excluding carboxylic acids is 2. The monoisotopic (exact) mass is 302 g/mol. The number of carbonyl (C=O) groups is 2. The summed E-state index contributed by atoms with van der Waals surface area (Å²) in [5.41, 5.74) is 0.901. The number of hydrogen-bond donors (Lipinski definition) is 2. The van der Waals surface area contributed by atoms with Crippen molar-refractivity contribution in [1.29, 1.82) is 0 Å². The van der Waals surface area contributed by atoms with Crippen molar-refractivity contribution in [2.45, 2.75) is 6.92 Å². The predicted octanol–water partition coefficient (Wildman–Crippen LogP) is 3.05. The summed E-state index contributed by atoms with van der Waals surface area (Å²) in [7, 11) is 1.42. The first-order valence-electron chi connectivity index (χ1n) is 6.52. The molecule has 2 aromatic carbocycles. The van der Waals surface area contributed by atoms with Crippen molar-refractivity contribution in [2.24, 2.45) is 0 Å². The zero-order valence-corrected chi connectivity index (χ0v) is 12.1. The number of benzene rings is 2. The van der Waals surface area contributed by atoms with Gasteiger partial charge in [0.05, 0.1) is 12.7 Å². The van der Waals surface area contributed by atoms with Gasteiger partial charge in [0.25, 0.3) is 5.91 Å². The summed E-state index contributed by atoms with van der Waals surface area (Å²) >= 11 is 0. The molecule has 5 nitrogen and oxygen atoms in total. The van der Waals surface area contributed by atoms with E-state index in [0.29, 0.717) is 17.1 Å². The molecule has 0 unspecified atom stereocenters. The molecule has 0 heterocycles. The molecule has 0 saturated heterocycles. The maximum absolute atomic E-state index is 13.8. The minimum absolute atomic E-state index is 0.0919.